The van der Waals surface area contributed by atoms with Crippen LogP contribution in [0.2, 0.25) is 0 Å². The molecule has 1 aromatic heterocycles. The summed E-state index contributed by atoms with van der Waals surface area (Å²) >= 11 is 0. The average Bonchev–Trinajstić information content (AvgIpc) is 2.60. The van der Waals surface area contributed by atoms with Gasteiger partial charge in [-0.25, -0.2) is 9.97 Å². The van der Waals surface area contributed by atoms with E-state index in [0.29, 0.717) is 43.2 Å². The largest absolute Gasteiger partial charge is 0.368 e. The molecule has 26 heavy (non-hydrogen) atoms. The molecule has 1 aromatic rings. The molecule has 3 heterocycles. The molecule has 2 amide bonds. The highest BCUT2D eigenvalue weighted by molar-refractivity contribution is 5.95. The van der Waals surface area contributed by atoms with E-state index in [1.165, 1.54) is 6.20 Å². The number of halogens is 1. The lowest BCUT2D eigenvalue weighted by atomic mass is 9.83. The van der Waals surface area contributed by atoms with Gasteiger partial charge in [-0.2, -0.15) is 0 Å². The number of fused-ring (bicyclic) bond motifs is 1. The van der Waals surface area contributed by atoms with Gasteiger partial charge in [-0.3, -0.25) is 9.59 Å². The van der Waals surface area contributed by atoms with Gasteiger partial charge in [-0.15, -0.1) is 12.4 Å². The second-order valence-electron chi connectivity index (χ2n) is 6.86. The molecule has 4 N–H and O–H groups in total. The molecular weight excluding hydrogens is 356 g/mol. The van der Waals surface area contributed by atoms with Crippen LogP contribution < -0.4 is 11.5 Å². The Morgan fingerprint density at radius 3 is 2.85 bits per heavy atom. The van der Waals surface area contributed by atoms with E-state index in [1.807, 2.05) is 9.80 Å². The molecule has 0 saturated carbocycles. The molecule has 0 radical (unpaired) electrons. The van der Waals surface area contributed by atoms with Gasteiger partial charge in [0.05, 0.1) is 11.3 Å². The Morgan fingerprint density at radius 2 is 2.15 bits per heavy atom. The number of hydrogen-bond acceptors (Lipinski definition) is 6. The summed E-state index contributed by atoms with van der Waals surface area (Å²) in [7, 11) is 0. The number of aryl methyl sites for hydroxylation is 1. The fraction of sp³-hybridized carbons (Fsp3) is 0.647. The van der Waals surface area contributed by atoms with Crippen molar-refractivity contribution in [1.29, 1.82) is 0 Å². The maximum absolute atomic E-state index is 12.8. The van der Waals surface area contributed by atoms with Crippen LogP contribution in [0.15, 0.2) is 6.20 Å². The molecular formula is C17H27ClN6O2. The van der Waals surface area contributed by atoms with Crippen LogP contribution in [0, 0.1) is 12.8 Å². The Kier molecular flexibility index (Phi) is 6.77. The molecule has 144 valence electrons. The first kappa shape index (κ1) is 20.4. The van der Waals surface area contributed by atoms with E-state index in [1.54, 1.807) is 6.92 Å². The van der Waals surface area contributed by atoms with Gasteiger partial charge in [0.1, 0.15) is 0 Å². The zero-order valence-corrected chi connectivity index (χ0v) is 15.9. The lowest BCUT2D eigenvalue weighted by Crippen LogP contribution is -2.57. The number of piperidine rings is 2. The van der Waals surface area contributed by atoms with Crippen molar-refractivity contribution in [2.75, 3.05) is 31.9 Å². The SMILES string of the molecule is Cc1nc(N)ncc1C(=O)N1CC[C@@H]2[C@@H](CCC(=O)N2CCCN)C1.Cl. The van der Waals surface area contributed by atoms with Crippen molar-refractivity contribution < 1.29 is 9.59 Å². The molecule has 0 aliphatic carbocycles. The Balaban J connectivity index is 0.00000243. The monoisotopic (exact) mass is 382 g/mol. The Labute approximate surface area is 159 Å². The van der Waals surface area contributed by atoms with Crippen LogP contribution >= 0.6 is 12.4 Å². The number of hydrogen-bond donors (Lipinski definition) is 2. The molecule has 0 aromatic carbocycles. The number of aromatic nitrogens is 2. The number of carbonyl (C=O) groups excluding carboxylic acids is 2. The zero-order chi connectivity index (χ0) is 18.0. The Morgan fingerprint density at radius 1 is 1.38 bits per heavy atom. The smallest absolute Gasteiger partial charge is 0.257 e. The summed E-state index contributed by atoms with van der Waals surface area (Å²) in [6.07, 6.45) is 4.52. The number of carbonyl (C=O) groups is 2. The Hall–Kier alpha value is -1.93. The molecule has 2 atom stereocenters. The van der Waals surface area contributed by atoms with Gasteiger partial charge in [0.15, 0.2) is 0 Å². The molecule has 8 nitrogen and oxygen atoms in total. The molecule has 0 unspecified atom stereocenters. The topological polar surface area (TPSA) is 118 Å². The van der Waals surface area contributed by atoms with Crippen LogP contribution in [0.1, 0.15) is 41.7 Å². The summed E-state index contributed by atoms with van der Waals surface area (Å²) in [6, 6.07) is 0.223. The summed E-state index contributed by atoms with van der Waals surface area (Å²) in [5.41, 5.74) is 12.3. The second kappa shape index (κ2) is 8.64. The quantitative estimate of drug-likeness (QED) is 0.786. The molecule has 2 saturated heterocycles. The number of nitrogen functional groups attached to an aromatic ring is 1. The first-order chi connectivity index (χ1) is 12.0. The lowest BCUT2D eigenvalue weighted by molar-refractivity contribution is -0.140. The first-order valence-electron chi connectivity index (χ1n) is 8.89. The van der Waals surface area contributed by atoms with Crippen molar-refractivity contribution in [3.63, 3.8) is 0 Å². The van der Waals surface area contributed by atoms with Crippen molar-refractivity contribution in [2.45, 2.75) is 38.6 Å². The van der Waals surface area contributed by atoms with Crippen molar-refractivity contribution in [3.8, 4) is 0 Å². The van der Waals surface area contributed by atoms with E-state index in [0.717, 1.165) is 25.8 Å². The fourth-order valence-electron chi connectivity index (χ4n) is 3.95. The van der Waals surface area contributed by atoms with Gasteiger partial charge >= 0.3 is 0 Å². The number of nitrogens with two attached hydrogens (primary N) is 2. The summed E-state index contributed by atoms with van der Waals surface area (Å²) in [4.78, 5) is 37.0. The number of nitrogens with zero attached hydrogens (tertiary/aromatic N) is 4. The van der Waals surface area contributed by atoms with Crippen LogP contribution in [0.4, 0.5) is 5.95 Å². The summed E-state index contributed by atoms with van der Waals surface area (Å²) in [6.45, 7) is 4.37. The molecule has 2 aliphatic heterocycles. The van der Waals surface area contributed by atoms with Gasteiger partial charge in [-0.05, 0) is 38.6 Å². The van der Waals surface area contributed by atoms with Crippen LogP contribution in [-0.4, -0.2) is 63.8 Å². The van der Waals surface area contributed by atoms with Crippen LogP contribution in [0.5, 0.6) is 0 Å². The molecule has 9 heteroatoms. The van der Waals surface area contributed by atoms with E-state index >= 15 is 0 Å². The van der Waals surface area contributed by atoms with Gasteiger partial charge in [0.25, 0.3) is 5.91 Å². The Bertz CT molecular complexity index is 671. The predicted molar refractivity (Wildman–Crippen MR) is 101 cm³/mol. The number of likely N-dealkylation sites (tertiary alicyclic amines) is 2. The van der Waals surface area contributed by atoms with E-state index in [-0.39, 0.29) is 36.2 Å². The maximum atomic E-state index is 12.8. The van der Waals surface area contributed by atoms with Gasteiger partial charge in [-0.1, -0.05) is 0 Å². The summed E-state index contributed by atoms with van der Waals surface area (Å²) in [5, 5.41) is 0. The summed E-state index contributed by atoms with van der Waals surface area (Å²) in [5.74, 6) is 0.663. The van der Waals surface area contributed by atoms with Gasteiger partial charge < -0.3 is 21.3 Å². The third-order valence-corrected chi connectivity index (χ3v) is 5.26. The van der Waals surface area contributed by atoms with Gasteiger partial charge in [0, 0.05) is 38.3 Å². The minimum atomic E-state index is -0.0543. The van der Waals surface area contributed by atoms with Crippen molar-refractivity contribution >= 4 is 30.2 Å². The lowest BCUT2D eigenvalue weighted by Gasteiger charge is -2.47. The molecule has 0 spiro atoms. The number of amides is 2. The highest BCUT2D eigenvalue weighted by Crippen LogP contribution is 2.32. The highest BCUT2D eigenvalue weighted by Gasteiger charge is 2.40. The third kappa shape index (κ3) is 4.07. The molecule has 2 aliphatic rings. The van der Waals surface area contributed by atoms with Crippen LogP contribution in [0.25, 0.3) is 0 Å². The van der Waals surface area contributed by atoms with Crippen molar-refractivity contribution in [1.82, 2.24) is 19.8 Å². The van der Waals surface area contributed by atoms with Crippen LogP contribution in [0.3, 0.4) is 0 Å². The van der Waals surface area contributed by atoms with E-state index in [9.17, 15) is 9.59 Å². The maximum Gasteiger partial charge on any atom is 0.257 e. The minimum Gasteiger partial charge on any atom is -0.368 e. The zero-order valence-electron chi connectivity index (χ0n) is 15.1. The average molecular weight is 383 g/mol. The predicted octanol–water partition coefficient (Wildman–Crippen LogP) is 0.591. The number of rotatable bonds is 4. The standard InChI is InChI=1S/C17H26N6O2.ClH/c1-11-13(9-20-17(19)21-11)16(25)22-8-5-14-12(10-22)3-4-15(24)23(14)7-2-6-18;/h9,12,14H,2-8,10,18H2,1H3,(H2,19,20,21);1H/t12-,14+;/m0./s1. The molecule has 0 bridgehead atoms. The van der Waals surface area contributed by atoms with Crippen LogP contribution in [-0.2, 0) is 4.79 Å². The first-order valence-corrected chi connectivity index (χ1v) is 8.89. The van der Waals surface area contributed by atoms with E-state index in [4.69, 9.17) is 11.5 Å². The summed E-state index contributed by atoms with van der Waals surface area (Å²) < 4.78 is 0. The highest BCUT2D eigenvalue weighted by atomic mass is 35.5. The van der Waals surface area contributed by atoms with Crippen molar-refractivity contribution in [2.24, 2.45) is 11.7 Å². The fourth-order valence-corrected chi connectivity index (χ4v) is 3.95. The minimum absolute atomic E-state index is 0. The number of anilines is 1. The second-order valence-corrected chi connectivity index (χ2v) is 6.86. The normalized spacial score (nSPS) is 22.6. The molecule has 3 rings (SSSR count). The van der Waals surface area contributed by atoms with E-state index in [2.05, 4.69) is 9.97 Å². The van der Waals surface area contributed by atoms with Crippen molar-refractivity contribution in [3.05, 3.63) is 17.5 Å². The van der Waals surface area contributed by atoms with Gasteiger partial charge in [0.2, 0.25) is 11.9 Å². The van der Waals surface area contributed by atoms with E-state index < -0.39 is 0 Å². The third-order valence-electron chi connectivity index (χ3n) is 5.26. The molecule has 2 fully saturated rings.